The highest BCUT2D eigenvalue weighted by Crippen LogP contribution is 1.70. The molecule has 0 aromatic carbocycles. The average molecular weight is 188 g/mol. The van der Waals surface area contributed by atoms with E-state index in [2.05, 4.69) is 0 Å². The zero-order valence-corrected chi connectivity index (χ0v) is 5.87. The molecule has 0 amide bonds. The molecule has 0 unspecified atom stereocenters. The highest BCUT2D eigenvalue weighted by atomic mass is 16.4. The molecule has 0 bridgehead atoms. The fourth-order valence-corrected chi connectivity index (χ4v) is 0.143. The van der Waals surface area contributed by atoms with E-state index in [-0.39, 0.29) is 21.9 Å². The highest BCUT2D eigenvalue weighted by Gasteiger charge is 1.88. The van der Waals surface area contributed by atoms with Gasteiger partial charge in [-0.15, -0.1) is 0 Å². The molecule has 8 nitrogen and oxygen atoms in total. The summed E-state index contributed by atoms with van der Waals surface area (Å²) in [5.74, 6) is -2.51. The quantitative estimate of drug-likeness (QED) is 0.421. The van der Waals surface area contributed by atoms with Gasteiger partial charge < -0.3 is 32.1 Å². The van der Waals surface area contributed by atoms with Crippen molar-refractivity contribution >= 4 is 11.9 Å². The molecular weight excluding hydrogens is 176 g/mol. The summed E-state index contributed by atoms with van der Waals surface area (Å²) >= 11 is 0. The van der Waals surface area contributed by atoms with Crippen molar-refractivity contribution in [3.63, 3.8) is 0 Å². The molecule has 0 rings (SSSR count). The Balaban J connectivity index is -0.0000000408. The van der Waals surface area contributed by atoms with Crippen LogP contribution in [0.15, 0.2) is 12.2 Å². The minimum atomic E-state index is -1.26. The Labute approximate surface area is 67.0 Å². The van der Waals surface area contributed by atoms with E-state index in [9.17, 15) is 9.59 Å². The Morgan fingerprint density at radius 2 is 0.917 bits per heavy atom. The van der Waals surface area contributed by atoms with E-state index in [1.807, 2.05) is 0 Å². The molecule has 0 aromatic rings. The van der Waals surface area contributed by atoms with Gasteiger partial charge in [0.15, 0.2) is 0 Å². The van der Waals surface area contributed by atoms with Gasteiger partial charge in [-0.1, -0.05) is 0 Å². The second kappa shape index (κ2) is 16.3. The SMILES string of the molecule is O.O.O.O.O=C(O)/C=C/C(=O)O. The molecule has 0 aromatic heterocycles. The number of hydrogen-bond donors (Lipinski definition) is 2. The van der Waals surface area contributed by atoms with Gasteiger partial charge in [0.1, 0.15) is 0 Å². The van der Waals surface area contributed by atoms with E-state index in [1.165, 1.54) is 0 Å². The van der Waals surface area contributed by atoms with Crippen LogP contribution in [0.25, 0.3) is 0 Å². The molecule has 0 fully saturated rings. The Morgan fingerprint density at radius 3 is 1.00 bits per heavy atom. The summed E-state index contributed by atoms with van der Waals surface area (Å²) < 4.78 is 0. The predicted octanol–water partition coefficient (Wildman–Crippen LogP) is -3.59. The smallest absolute Gasteiger partial charge is 0.328 e. The molecule has 0 saturated heterocycles. The third-order valence-electron chi connectivity index (χ3n) is 0.368. The van der Waals surface area contributed by atoms with Gasteiger partial charge in [0.2, 0.25) is 0 Å². The van der Waals surface area contributed by atoms with Gasteiger partial charge in [-0.05, 0) is 0 Å². The Bertz CT molecular complexity index is 122. The molecule has 0 aliphatic carbocycles. The summed E-state index contributed by atoms with van der Waals surface area (Å²) in [5, 5.41) is 15.6. The van der Waals surface area contributed by atoms with Crippen molar-refractivity contribution < 1.29 is 41.7 Å². The van der Waals surface area contributed by atoms with Gasteiger partial charge in [-0.2, -0.15) is 0 Å². The Morgan fingerprint density at radius 1 is 0.750 bits per heavy atom. The molecule has 0 atom stereocenters. The fraction of sp³-hybridized carbons (Fsp3) is 0. The molecule has 0 aliphatic rings. The van der Waals surface area contributed by atoms with Crippen molar-refractivity contribution in [2.45, 2.75) is 0 Å². The number of carboxylic acid groups (broad SMARTS) is 2. The number of carboxylic acids is 2. The first kappa shape index (κ1) is 31.3. The first-order valence-corrected chi connectivity index (χ1v) is 1.77. The van der Waals surface area contributed by atoms with Crippen molar-refractivity contribution in [3.05, 3.63) is 12.2 Å². The van der Waals surface area contributed by atoms with Crippen LogP contribution in [0.4, 0.5) is 0 Å². The molecule has 0 saturated carbocycles. The van der Waals surface area contributed by atoms with Gasteiger partial charge in [-0.3, -0.25) is 0 Å². The number of aliphatic carboxylic acids is 2. The van der Waals surface area contributed by atoms with Gasteiger partial charge in [0, 0.05) is 12.2 Å². The van der Waals surface area contributed by atoms with Crippen molar-refractivity contribution in [2.24, 2.45) is 0 Å². The standard InChI is InChI=1S/C4H4O4.4H2O/c5-3(6)1-2-4(7)8;;;;/h1-2H,(H,5,6)(H,7,8);4*1H2/b2-1+;;;;. The summed E-state index contributed by atoms with van der Waals surface area (Å²) in [6, 6.07) is 0. The maximum absolute atomic E-state index is 9.55. The first-order chi connectivity index (χ1) is 3.63. The van der Waals surface area contributed by atoms with E-state index in [0.717, 1.165) is 0 Å². The minimum Gasteiger partial charge on any atom is -0.478 e. The van der Waals surface area contributed by atoms with Crippen LogP contribution in [0.3, 0.4) is 0 Å². The summed E-state index contributed by atoms with van der Waals surface area (Å²) in [5.41, 5.74) is 0. The third kappa shape index (κ3) is 38.9. The number of hydrogen-bond acceptors (Lipinski definition) is 2. The molecule has 0 heterocycles. The van der Waals surface area contributed by atoms with Gasteiger partial charge in [0.25, 0.3) is 0 Å². The van der Waals surface area contributed by atoms with Gasteiger partial charge in [0.05, 0.1) is 0 Å². The van der Waals surface area contributed by atoms with Crippen molar-refractivity contribution in [1.29, 1.82) is 0 Å². The van der Waals surface area contributed by atoms with E-state index >= 15 is 0 Å². The van der Waals surface area contributed by atoms with Crippen molar-refractivity contribution in [1.82, 2.24) is 0 Å². The van der Waals surface area contributed by atoms with Crippen LogP contribution in [0.2, 0.25) is 0 Å². The van der Waals surface area contributed by atoms with Crippen LogP contribution in [0, 0.1) is 0 Å². The first-order valence-electron chi connectivity index (χ1n) is 1.77. The van der Waals surface area contributed by atoms with E-state index < -0.39 is 11.9 Å². The van der Waals surface area contributed by atoms with Crippen LogP contribution in [0.5, 0.6) is 0 Å². The van der Waals surface area contributed by atoms with Gasteiger partial charge >= 0.3 is 11.9 Å². The van der Waals surface area contributed by atoms with Crippen LogP contribution in [-0.4, -0.2) is 44.1 Å². The summed E-state index contributed by atoms with van der Waals surface area (Å²) in [6.07, 6.45) is 1.12. The number of rotatable bonds is 2. The topological polar surface area (TPSA) is 201 Å². The van der Waals surface area contributed by atoms with E-state index in [0.29, 0.717) is 12.2 Å². The molecule has 76 valence electrons. The summed E-state index contributed by atoms with van der Waals surface area (Å²) in [6.45, 7) is 0. The average Bonchev–Trinajstić information content (AvgIpc) is 1.61. The van der Waals surface area contributed by atoms with E-state index in [4.69, 9.17) is 10.2 Å². The normalized spacial score (nSPS) is 6.33. The second-order valence-electron chi connectivity index (χ2n) is 1.01. The minimum absolute atomic E-state index is 0. The zero-order valence-electron chi connectivity index (χ0n) is 5.87. The fourth-order valence-electron chi connectivity index (χ4n) is 0.143. The lowest BCUT2D eigenvalue weighted by Crippen LogP contribution is -1.91. The molecule has 12 heavy (non-hydrogen) atoms. The largest absolute Gasteiger partial charge is 0.478 e. The zero-order chi connectivity index (χ0) is 6.57. The van der Waals surface area contributed by atoms with E-state index in [1.54, 1.807) is 0 Å². The molecule has 10 N–H and O–H groups in total. The maximum atomic E-state index is 9.55. The lowest BCUT2D eigenvalue weighted by Gasteiger charge is -1.74. The summed E-state index contributed by atoms with van der Waals surface area (Å²) in [7, 11) is 0. The van der Waals surface area contributed by atoms with Crippen LogP contribution < -0.4 is 0 Å². The third-order valence-corrected chi connectivity index (χ3v) is 0.368. The maximum Gasteiger partial charge on any atom is 0.328 e. The predicted molar refractivity (Wildman–Crippen MR) is 38.9 cm³/mol. The van der Waals surface area contributed by atoms with Gasteiger partial charge in [-0.25, -0.2) is 9.59 Å². The Hall–Kier alpha value is -1.48. The molecule has 8 heteroatoms. The van der Waals surface area contributed by atoms with Crippen LogP contribution >= 0.6 is 0 Å². The molecule has 0 aliphatic heterocycles. The lowest BCUT2D eigenvalue weighted by molar-refractivity contribution is -0.134. The van der Waals surface area contributed by atoms with Crippen molar-refractivity contribution in [2.75, 3.05) is 0 Å². The lowest BCUT2D eigenvalue weighted by atomic mass is 10.5. The van der Waals surface area contributed by atoms with Crippen LogP contribution in [-0.2, 0) is 9.59 Å². The van der Waals surface area contributed by atoms with Crippen molar-refractivity contribution in [3.8, 4) is 0 Å². The highest BCUT2D eigenvalue weighted by molar-refractivity contribution is 5.89. The summed E-state index contributed by atoms with van der Waals surface area (Å²) in [4.78, 5) is 19.1. The molecular formula is C4H12O8. The molecule has 0 spiro atoms. The Kier molecular flexibility index (Phi) is 42.4. The monoisotopic (exact) mass is 188 g/mol. The number of carbonyl (C=O) groups is 2. The molecule has 0 radical (unpaired) electrons. The second-order valence-corrected chi connectivity index (χ2v) is 1.01. The van der Waals surface area contributed by atoms with Crippen LogP contribution in [0.1, 0.15) is 0 Å².